The quantitative estimate of drug-likeness (QED) is 0.630. The van der Waals surface area contributed by atoms with Gasteiger partial charge < -0.3 is 9.64 Å². The molecule has 2 aromatic rings. The van der Waals surface area contributed by atoms with E-state index in [0.717, 1.165) is 17.7 Å². The lowest BCUT2D eigenvalue weighted by molar-refractivity contribution is -0.137. The Hall–Kier alpha value is -2.35. The summed E-state index contributed by atoms with van der Waals surface area (Å²) in [6.45, 7) is 6.08. The molecule has 0 radical (unpaired) electrons. The van der Waals surface area contributed by atoms with Crippen molar-refractivity contribution in [2.45, 2.75) is 51.9 Å². The number of halogens is 4. The maximum atomic E-state index is 12.7. The molecular weight excluding hydrogens is 407 g/mol. The molecule has 0 fully saturated rings. The zero-order valence-electron chi connectivity index (χ0n) is 16.3. The number of amides is 1. The lowest BCUT2D eigenvalue weighted by Gasteiger charge is -2.31. The van der Waals surface area contributed by atoms with E-state index in [0.29, 0.717) is 35.2 Å². The first-order chi connectivity index (χ1) is 13.4. The van der Waals surface area contributed by atoms with Crippen molar-refractivity contribution >= 4 is 17.7 Å². The molecule has 5 nitrogen and oxygen atoms in total. The second kappa shape index (κ2) is 7.82. The Morgan fingerprint density at radius 2 is 1.83 bits per heavy atom. The van der Waals surface area contributed by atoms with Gasteiger partial charge in [0.25, 0.3) is 0 Å². The number of alkyl halides is 3. The third-order valence-corrected chi connectivity index (χ3v) is 4.67. The van der Waals surface area contributed by atoms with Crippen LogP contribution in [0.5, 0.6) is 0 Å². The molecule has 0 spiro atoms. The summed E-state index contributed by atoms with van der Waals surface area (Å²) in [6.07, 6.45) is -4.07. The van der Waals surface area contributed by atoms with Crippen LogP contribution in [0.3, 0.4) is 0 Å². The Morgan fingerprint density at radius 1 is 1.17 bits per heavy atom. The first-order valence-corrected chi connectivity index (χ1v) is 9.48. The smallest absolute Gasteiger partial charge is 0.416 e. The zero-order valence-corrected chi connectivity index (χ0v) is 17.1. The Bertz CT molecular complexity index is 909. The predicted octanol–water partition coefficient (Wildman–Crippen LogP) is 5.03. The largest absolute Gasteiger partial charge is 0.444 e. The van der Waals surface area contributed by atoms with Crippen LogP contribution >= 0.6 is 11.6 Å². The molecule has 0 unspecified atom stereocenters. The first-order valence-electron chi connectivity index (χ1n) is 9.10. The van der Waals surface area contributed by atoms with Crippen molar-refractivity contribution in [2.24, 2.45) is 0 Å². The lowest BCUT2D eigenvalue weighted by atomic mass is 10.1. The van der Waals surface area contributed by atoms with E-state index < -0.39 is 23.4 Å². The molecule has 1 aromatic heterocycles. The van der Waals surface area contributed by atoms with E-state index in [9.17, 15) is 18.0 Å². The molecule has 0 atom stereocenters. The van der Waals surface area contributed by atoms with Crippen molar-refractivity contribution in [3.63, 3.8) is 0 Å². The highest BCUT2D eigenvalue weighted by atomic mass is 35.5. The Kier molecular flexibility index (Phi) is 5.76. The van der Waals surface area contributed by atoms with Gasteiger partial charge in [-0.2, -0.15) is 13.2 Å². The van der Waals surface area contributed by atoms with Crippen LogP contribution in [0.4, 0.5) is 18.0 Å². The molecule has 29 heavy (non-hydrogen) atoms. The maximum absolute atomic E-state index is 12.7. The molecule has 1 aliphatic rings. The molecule has 1 aromatic carbocycles. The number of benzene rings is 1. The van der Waals surface area contributed by atoms with E-state index in [1.54, 1.807) is 25.7 Å². The van der Waals surface area contributed by atoms with E-state index in [2.05, 4.69) is 9.97 Å². The molecule has 1 amide bonds. The van der Waals surface area contributed by atoms with E-state index in [-0.39, 0.29) is 13.0 Å². The van der Waals surface area contributed by atoms with Gasteiger partial charge in [-0.25, -0.2) is 14.8 Å². The van der Waals surface area contributed by atoms with Gasteiger partial charge in [-0.05, 0) is 44.9 Å². The molecule has 156 valence electrons. The summed E-state index contributed by atoms with van der Waals surface area (Å²) in [4.78, 5) is 22.7. The molecule has 0 bridgehead atoms. The summed E-state index contributed by atoms with van der Waals surface area (Å²) in [5, 5.41) is 0.306. The van der Waals surface area contributed by atoms with Crippen LogP contribution in [0.25, 0.3) is 0 Å². The van der Waals surface area contributed by atoms with Crippen LogP contribution in [-0.2, 0) is 30.3 Å². The minimum absolute atomic E-state index is 0.234. The predicted molar refractivity (Wildman–Crippen MR) is 102 cm³/mol. The highest BCUT2D eigenvalue weighted by Gasteiger charge is 2.30. The van der Waals surface area contributed by atoms with E-state index in [4.69, 9.17) is 16.3 Å². The third kappa shape index (κ3) is 5.38. The van der Waals surface area contributed by atoms with Crippen LogP contribution in [-0.4, -0.2) is 33.1 Å². The number of carbonyl (C=O) groups excluding carboxylic acids is 1. The number of hydrogen-bond donors (Lipinski definition) is 0. The highest BCUT2D eigenvalue weighted by molar-refractivity contribution is 6.30. The SMILES string of the molecule is CC(C)(C)OC(=O)N1CCc2c(Cl)nc(Cc3ccc(C(F)(F)F)cc3)nc2C1. The normalized spacial score (nSPS) is 14.5. The number of ether oxygens (including phenoxy) is 1. The van der Waals surface area contributed by atoms with Gasteiger partial charge in [0.2, 0.25) is 0 Å². The molecular formula is C20H21ClF3N3O2. The fourth-order valence-electron chi connectivity index (χ4n) is 2.99. The maximum Gasteiger partial charge on any atom is 0.416 e. The van der Waals surface area contributed by atoms with Crippen LogP contribution in [0.2, 0.25) is 5.15 Å². The van der Waals surface area contributed by atoms with Gasteiger partial charge in [-0.1, -0.05) is 23.7 Å². The molecule has 2 heterocycles. The molecule has 3 rings (SSSR count). The van der Waals surface area contributed by atoms with Crippen molar-refractivity contribution in [3.8, 4) is 0 Å². The molecule has 0 saturated heterocycles. The number of fused-ring (bicyclic) bond motifs is 1. The van der Waals surface area contributed by atoms with Crippen molar-refractivity contribution in [2.75, 3.05) is 6.54 Å². The van der Waals surface area contributed by atoms with Gasteiger partial charge in [0.1, 0.15) is 16.6 Å². The molecule has 0 saturated carbocycles. The van der Waals surface area contributed by atoms with Crippen molar-refractivity contribution < 1.29 is 22.7 Å². The Labute approximate surface area is 171 Å². The highest BCUT2D eigenvalue weighted by Crippen LogP contribution is 2.30. The van der Waals surface area contributed by atoms with Gasteiger partial charge in [0.05, 0.1) is 17.8 Å². The zero-order chi connectivity index (χ0) is 21.4. The van der Waals surface area contributed by atoms with E-state index in [1.165, 1.54) is 12.1 Å². The van der Waals surface area contributed by atoms with Crippen molar-refractivity contribution in [1.29, 1.82) is 0 Å². The van der Waals surface area contributed by atoms with Crippen LogP contribution in [0.1, 0.15) is 49.0 Å². The molecule has 9 heteroatoms. The van der Waals surface area contributed by atoms with Crippen molar-refractivity contribution in [1.82, 2.24) is 14.9 Å². The van der Waals surface area contributed by atoms with Crippen molar-refractivity contribution in [3.05, 3.63) is 57.6 Å². The second-order valence-corrected chi connectivity index (χ2v) is 8.24. The molecule has 0 N–H and O–H groups in total. The third-order valence-electron chi connectivity index (χ3n) is 4.36. The Balaban J connectivity index is 1.77. The van der Waals surface area contributed by atoms with Crippen LogP contribution in [0.15, 0.2) is 24.3 Å². The van der Waals surface area contributed by atoms with Crippen LogP contribution < -0.4 is 0 Å². The lowest BCUT2D eigenvalue weighted by Crippen LogP contribution is -2.40. The monoisotopic (exact) mass is 427 g/mol. The summed E-state index contributed by atoms with van der Waals surface area (Å²) in [5.41, 5.74) is 0.730. The number of carbonyl (C=O) groups is 1. The minimum atomic E-state index is -4.38. The molecule has 0 aliphatic carbocycles. The number of hydrogen-bond acceptors (Lipinski definition) is 4. The van der Waals surface area contributed by atoms with Gasteiger partial charge in [-0.3, -0.25) is 0 Å². The molecule has 1 aliphatic heterocycles. The first kappa shape index (κ1) is 21.4. The Morgan fingerprint density at radius 3 is 2.41 bits per heavy atom. The van der Waals surface area contributed by atoms with E-state index >= 15 is 0 Å². The summed E-state index contributed by atoms with van der Waals surface area (Å²) >= 11 is 6.30. The van der Waals surface area contributed by atoms with Crippen LogP contribution in [0, 0.1) is 0 Å². The topological polar surface area (TPSA) is 55.3 Å². The average molecular weight is 428 g/mol. The van der Waals surface area contributed by atoms with Gasteiger partial charge in [0, 0.05) is 18.5 Å². The summed E-state index contributed by atoms with van der Waals surface area (Å²) < 4.78 is 43.5. The average Bonchev–Trinajstić information content (AvgIpc) is 2.59. The summed E-state index contributed by atoms with van der Waals surface area (Å²) in [6, 6.07) is 4.85. The summed E-state index contributed by atoms with van der Waals surface area (Å²) in [7, 11) is 0. The number of aromatic nitrogens is 2. The second-order valence-electron chi connectivity index (χ2n) is 7.88. The van der Waals surface area contributed by atoms with Gasteiger partial charge in [-0.15, -0.1) is 0 Å². The minimum Gasteiger partial charge on any atom is -0.444 e. The number of nitrogens with zero attached hydrogens (tertiary/aromatic N) is 3. The van der Waals surface area contributed by atoms with E-state index in [1.807, 2.05) is 0 Å². The van der Waals surface area contributed by atoms with Gasteiger partial charge in [0.15, 0.2) is 0 Å². The standard InChI is InChI=1S/C20H21ClF3N3O2/c1-19(2,3)29-18(28)27-9-8-14-15(11-27)25-16(26-17(14)21)10-12-4-6-13(7-5-12)20(22,23)24/h4-7H,8-11H2,1-3H3. The fraction of sp³-hybridized carbons (Fsp3) is 0.450. The fourth-order valence-corrected chi connectivity index (χ4v) is 3.29. The summed E-state index contributed by atoms with van der Waals surface area (Å²) in [5.74, 6) is 0.388. The number of rotatable bonds is 2. The van der Waals surface area contributed by atoms with Gasteiger partial charge >= 0.3 is 12.3 Å².